The zero-order valence-electron chi connectivity index (χ0n) is 15.7. The second kappa shape index (κ2) is 11.0. The Bertz CT molecular complexity index is 716. The van der Waals surface area contributed by atoms with Crippen LogP contribution in [0, 0.1) is 6.92 Å². The summed E-state index contributed by atoms with van der Waals surface area (Å²) in [6.45, 7) is 8.48. The minimum atomic E-state index is -0.0811. The number of nitrogens with one attached hydrogen (secondary N) is 2. The second-order valence-corrected chi connectivity index (χ2v) is 6.65. The Morgan fingerprint density at radius 3 is 2.59 bits per heavy atom. The zero-order valence-corrected chi connectivity index (χ0v) is 16.6. The van der Waals surface area contributed by atoms with Crippen molar-refractivity contribution < 1.29 is 9.53 Å². The summed E-state index contributed by atoms with van der Waals surface area (Å²) in [5, 5.41) is 6.44. The molecule has 27 heavy (non-hydrogen) atoms. The molecule has 2 aromatic rings. The van der Waals surface area contributed by atoms with Crippen molar-refractivity contribution in [2.45, 2.75) is 13.5 Å². The maximum absolute atomic E-state index is 12.3. The van der Waals surface area contributed by atoms with Gasteiger partial charge in [0.05, 0.1) is 13.2 Å². The fourth-order valence-corrected chi connectivity index (χ4v) is 2.96. The highest BCUT2D eigenvalue weighted by Gasteiger charge is 2.09. The number of ether oxygens (including phenoxy) is 1. The monoisotopic (exact) mass is 389 g/mol. The summed E-state index contributed by atoms with van der Waals surface area (Å²) in [5.74, 6) is -0.0811. The van der Waals surface area contributed by atoms with Gasteiger partial charge in [0.15, 0.2) is 0 Å². The van der Waals surface area contributed by atoms with Crippen LogP contribution in [0.25, 0.3) is 0 Å². The van der Waals surface area contributed by atoms with E-state index in [9.17, 15) is 4.79 Å². The molecule has 1 aliphatic heterocycles. The third kappa shape index (κ3) is 6.96. The second-order valence-electron chi connectivity index (χ2n) is 6.65. The van der Waals surface area contributed by atoms with Crippen molar-refractivity contribution in [3.8, 4) is 0 Å². The van der Waals surface area contributed by atoms with E-state index in [1.165, 1.54) is 0 Å². The van der Waals surface area contributed by atoms with Gasteiger partial charge in [-0.1, -0.05) is 29.8 Å². The van der Waals surface area contributed by atoms with Crippen LogP contribution < -0.4 is 10.6 Å². The van der Waals surface area contributed by atoms with E-state index in [1.54, 1.807) is 0 Å². The Hall–Kier alpha value is -1.92. The van der Waals surface area contributed by atoms with Crippen LogP contribution in [0.2, 0.25) is 0 Å². The number of rotatable bonds is 7. The van der Waals surface area contributed by atoms with Crippen molar-refractivity contribution in [2.24, 2.45) is 0 Å². The number of amides is 1. The molecule has 1 saturated heterocycles. The number of benzene rings is 2. The summed E-state index contributed by atoms with van der Waals surface area (Å²) >= 11 is 0. The summed E-state index contributed by atoms with van der Waals surface area (Å²) in [5.41, 5.74) is 3.80. The first-order valence-electron chi connectivity index (χ1n) is 9.18. The third-order valence-electron chi connectivity index (χ3n) is 4.54. The lowest BCUT2D eigenvalue weighted by Crippen LogP contribution is -2.40. The summed E-state index contributed by atoms with van der Waals surface area (Å²) in [6.07, 6.45) is 0. The zero-order chi connectivity index (χ0) is 18.2. The Morgan fingerprint density at radius 1 is 1.11 bits per heavy atom. The van der Waals surface area contributed by atoms with Gasteiger partial charge in [-0.05, 0) is 36.8 Å². The van der Waals surface area contributed by atoms with E-state index in [4.69, 9.17) is 4.74 Å². The Balaban J connectivity index is 0.00000261. The molecule has 146 valence electrons. The topological polar surface area (TPSA) is 53.6 Å². The van der Waals surface area contributed by atoms with E-state index >= 15 is 0 Å². The highest BCUT2D eigenvalue weighted by molar-refractivity contribution is 6.04. The third-order valence-corrected chi connectivity index (χ3v) is 4.54. The molecule has 0 aromatic heterocycles. The number of anilines is 1. The number of nitrogens with zero attached hydrogens (tertiary/aromatic N) is 1. The lowest BCUT2D eigenvalue weighted by atomic mass is 10.1. The molecule has 1 aliphatic rings. The van der Waals surface area contributed by atoms with Crippen LogP contribution in [0.1, 0.15) is 21.5 Å². The molecule has 0 saturated carbocycles. The molecule has 0 atom stereocenters. The number of morpholine rings is 1. The summed E-state index contributed by atoms with van der Waals surface area (Å²) in [7, 11) is 0. The minimum absolute atomic E-state index is 0. The molecular weight excluding hydrogens is 362 g/mol. The number of carbonyl (C=O) groups is 1. The van der Waals surface area contributed by atoms with Crippen molar-refractivity contribution >= 4 is 24.0 Å². The Kier molecular flexibility index (Phi) is 8.75. The van der Waals surface area contributed by atoms with E-state index in [2.05, 4.69) is 21.6 Å². The van der Waals surface area contributed by atoms with E-state index in [-0.39, 0.29) is 18.3 Å². The first kappa shape index (κ1) is 21.4. The van der Waals surface area contributed by atoms with Crippen molar-refractivity contribution in [1.29, 1.82) is 0 Å². The van der Waals surface area contributed by atoms with Crippen LogP contribution in [0.15, 0.2) is 48.5 Å². The quantitative estimate of drug-likeness (QED) is 0.714. The summed E-state index contributed by atoms with van der Waals surface area (Å²) < 4.78 is 5.36. The SMILES string of the molecule is Cc1ccc(C(=O)Nc2cccc(CNCCN3CCOCC3)c2)cc1.Cl. The van der Waals surface area contributed by atoms with Crippen LogP contribution in [0.4, 0.5) is 5.69 Å². The maximum Gasteiger partial charge on any atom is 0.255 e. The first-order valence-corrected chi connectivity index (χ1v) is 9.18. The van der Waals surface area contributed by atoms with Gasteiger partial charge in [-0.15, -0.1) is 12.4 Å². The Labute approximate surface area is 167 Å². The van der Waals surface area contributed by atoms with Crippen LogP contribution in [-0.4, -0.2) is 50.2 Å². The molecule has 1 amide bonds. The van der Waals surface area contributed by atoms with Crippen LogP contribution in [-0.2, 0) is 11.3 Å². The van der Waals surface area contributed by atoms with Gasteiger partial charge in [-0.2, -0.15) is 0 Å². The standard InChI is InChI=1S/C21H27N3O2.ClH/c1-17-5-7-19(8-6-17)21(25)23-20-4-2-3-18(15-20)16-22-9-10-24-11-13-26-14-12-24;/h2-8,15,22H,9-14,16H2,1H3,(H,23,25);1H. The van der Waals surface area contributed by atoms with E-state index < -0.39 is 0 Å². The normalized spacial score (nSPS) is 14.4. The molecule has 0 bridgehead atoms. The molecule has 1 heterocycles. The van der Waals surface area contributed by atoms with Crippen molar-refractivity contribution in [1.82, 2.24) is 10.2 Å². The predicted molar refractivity (Wildman–Crippen MR) is 112 cm³/mol. The van der Waals surface area contributed by atoms with Gasteiger partial charge < -0.3 is 15.4 Å². The number of hydrogen-bond donors (Lipinski definition) is 2. The Morgan fingerprint density at radius 2 is 1.85 bits per heavy atom. The fourth-order valence-electron chi connectivity index (χ4n) is 2.96. The lowest BCUT2D eigenvalue weighted by molar-refractivity contribution is 0.0384. The molecule has 3 rings (SSSR count). The molecule has 0 unspecified atom stereocenters. The molecule has 2 aromatic carbocycles. The van der Waals surface area contributed by atoms with Gasteiger partial charge in [-0.3, -0.25) is 9.69 Å². The number of halogens is 1. The average molecular weight is 390 g/mol. The highest BCUT2D eigenvalue weighted by atomic mass is 35.5. The summed E-state index contributed by atoms with van der Waals surface area (Å²) in [4.78, 5) is 14.7. The molecule has 2 N–H and O–H groups in total. The molecule has 0 spiro atoms. The van der Waals surface area contributed by atoms with Gasteiger partial charge >= 0.3 is 0 Å². The van der Waals surface area contributed by atoms with Gasteiger partial charge in [0, 0.05) is 44.0 Å². The fraction of sp³-hybridized carbons (Fsp3) is 0.381. The lowest BCUT2D eigenvalue weighted by Gasteiger charge is -2.26. The van der Waals surface area contributed by atoms with E-state index in [0.717, 1.165) is 62.8 Å². The maximum atomic E-state index is 12.3. The molecule has 5 nitrogen and oxygen atoms in total. The van der Waals surface area contributed by atoms with Crippen LogP contribution in [0.5, 0.6) is 0 Å². The van der Waals surface area contributed by atoms with E-state index in [0.29, 0.717) is 5.56 Å². The number of hydrogen-bond acceptors (Lipinski definition) is 4. The van der Waals surface area contributed by atoms with Gasteiger partial charge in [-0.25, -0.2) is 0 Å². The van der Waals surface area contributed by atoms with Gasteiger partial charge in [0.2, 0.25) is 0 Å². The molecule has 6 heteroatoms. The van der Waals surface area contributed by atoms with Crippen molar-refractivity contribution in [3.05, 3.63) is 65.2 Å². The molecule has 1 fully saturated rings. The van der Waals surface area contributed by atoms with Crippen molar-refractivity contribution in [3.63, 3.8) is 0 Å². The predicted octanol–water partition coefficient (Wildman–Crippen LogP) is 3.09. The largest absolute Gasteiger partial charge is 0.379 e. The molecule has 0 radical (unpaired) electrons. The van der Waals surface area contributed by atoms with Crippen LogP contribution in [0.3, 0.4) is 0 Å². The molecular formula is C21H28ClN3O2. The van der Waals surface area contributed by atoms with Gasteiger partial charge in [0.25, 0.3) is 5.91 Å². The van der Waals surface area contributed by atoms with Crippen LogP contribution >= 0.6 is 12.4 Å². The minimum Gasteiger partial charge on any atom is -0.379 e. The smallest absolute Gasteiger partial charge is 0.255 e. The molecule has 0 aliphatic carbocycles. The summed E-state index contributed by atoms with van der Waals surface area (Å²) in [6, 6.07) is 15.6. The van der Waals surface area contributed by atoms with E-state index in [1.807, 2.05) is 49.4 Å². The number of carbonyl (C=O) groups excluding carboxylic acids is 1. The average Bonchev–Trinajstić information content (AvgIpc) is 2.67. The highest BCUT2D eigenvalue weighted by Crippen LogP contribution is 2.13. The first-order chi connectivity index (χ1) is 12.7. The number of aryl methyl sites for hydroxylation is 1. The van der Waals surface area contributed by atoms with Gasteiger partial charge in [0.1, 0.15) is 0 Å². The van der Waals surface area contributed by atoms with Crippen molar-refractivity contribution in [2.75, 3.05) is 44.7 Å².